The van der Waals surface area contributed by atoms with Crippen LogP contribution in [0, 0.1) is 16.7 Å². The first-order valence-corrected chi connectivity index (χ1v) is 10.4. The van der Waals surface area contributed by atoms with Gasteiger partial charge >= 0.3 is 0 Å². The maximum Gasteiger partial charge on any atom is 0.235 e. The van der Waals surface area contributed by atoms with Crippen molar-refractivity contribution < 1.29 is 14.4 Å². The van der Waals surface area contributed by atoms with Crippen LogP contribution in [0.2, 0.25) is 0 Å². The molecule has 5 heteroatoms. The first-order chi connectivity index (χ1) is 12.3. The molecule has 3 rings (SSSR count). The van der Waals surface area contributed by atoms with Crippen LogP contribution in [0.1, 0.15) is 85.0 Å². The standard InChI is InChI=1S/C21H34N2O3/c1-20(2)16-12-13-21(20,3)19(26)23(18(16)25)14-8-11-17(24)22-15-9-6-4-5-7-10-15/h15-16H,4-14H2,1-3H3,(H,22,24). The van der Waals surface area contributed by atoms with Gasteiger partial charge in [-0.05, 0) is 37.5 Å². The summed E-state index contributed by atoms with van der Waals surface area (Å²) in [5.41, 5.74) is -0.720. The summed E-state index contributed by atoms with van der Waals surface area (Å²) in [7, 11) is 0. The zero-order valence-corrected chi connectivity index (χ0v) is 16.6. The Balaban J connectivity index is 1.51. The predicted molar refractivity (Wildman–Crippen MR) is 100 cm³/mol. The van der Waals surface area contributed by atoms with Gasteiger partial charge in [0.25, 0.3) is 0 Å². The lowest BCUT2D eigenvalue weighted by Gasteiger charge is -2.47. The molecule has 1 heterocycles. The monoisotopic (exact) mass is 362 g/mol. The third-order valence-corrected chi connectivity index (χ3v) is 7.51. The number of nitrogens with zero attached hydrogens (tertiary/aromatic N) is 1. The highest BCUT2D eigenvalue weighted by atomic mass is 16.2. The molecule has 3 amide bonds. The summed E-state index contributed by atoms with van der Waals surface area (Å²) in [4.78, 5) is 39.4. The van der Waals surface area contributed by atoms with Crippen molar-refractivity contribution in [2.75, 3.05) is 6.54 Å². The van der Waals surface area contributed by atoms with E-state index in [2.05, 4.69) is 19.2 Å². The van der Waals surface area contributed by atoms with Gasteiger partial charge in [-0.25, -0.2) is 0 Å². The van der Waals surface area contributed by atoms with E-state index in [-0.39, 0.29) is 29.1 Å². The normalized spacial score (nSPS) is 31.8. The van der Waals surface area contributed by atoms with Crippen molar-refractivity contribution in [2.24, 2.45) is 16.7 Å². The van der Waals surface area contributed by atoms with E-state index >= 15 is 0 Å². The second-order valence-electron chi connectivity index (χ2n) is 9.30. The minimum absolute atomic E-state index is 0.0286. The molecule has 1 saturated heterocycles. The van der Waals surface area contributed by atoms with Gasteiger partial charge in [-0.15, -0.1) is 0 Å². The minimum atomic E-state index is -0.450. The topological polar surface area (TPSA) is 66.5 Å². The number of amides is 3. The van der Waals surface area contributed by atoms with Crippen LogP contribution in [0.4, 0.5) is 0 Å². The number of piperidine rings is 1. The van der Waals surface area contributed by atoms with Crippen molar-refractivity contribution in [2.45, 2.75) is 91.0 Å². The molecule has 2 saturated carbocycles. The molecular formula is C21H34N2O3. The lowest BCUT2D eigenvalue weighted by atomic mass is 9.62. The number of hydrogen-bond donors (Lipinski definition) is 1. The molecule has 5 nitrogen and oxygen atoms in total. The Hall–Kier alpha value is -1.39. The molecule has 1 N–H and O–H groups in total. The van der Waals surface area contributed by atoms with E-state index in [4.69, 9.17) is 0 Å². The highest BCUT2D eigenvalue weighted by molar-refractivity contribution is 6.03. The quantitative estimate of drug-likeness (QED) is 0.602. The molecule has 3 aliphatic rings. The van der Waals surface area contributed by atoms with Gasteiger partial charge < -0.3 is 5.32 Å². The summed E-state index contributed by atoms with van der Waals surface area (Å²) in [6.07, 6.45) is 9.59. The summed E-state index contributed by atoms with van der Waals surface area (Å²) >= 11 is 0. The molecule has 0 spiro atoms. The molecule has 146 valence electrons. The molecule has 0 radical (unpaired) electrons. The lowest BCUT2D eigenvalue weighted by Crippen LogP contribution is -2.59. The molecule has 0 aromatic carbocycles. The number of carbonyl (C=O) groups is 3. The van der Waals surface area contributed by atoms with Gasteiger partial charge in [0.05, 0.1) is 5.41 Å². The highest BCUT2D eigenvalue weighted by Crippen LogP contribution is 2.60. The number of hydrogen-bond acceptors (Lipinski definition) is 3. The molecule has 0 aromatic heterocycles. The second-order valence-corrected chi connectivity index (χ2v) is 9.30. The third-order valence-electron chi connectivity index (χ3n) is 7.51. The Morgan fingerprint density at radius 3 is 2.38 bits per heavy atom. The van der Waals surface area contributed by atoms with Gasteiger partial charge in [0.2, 0.25) is 17.7 Å². The molecular weight excluding hydrogens is 328 g/mol. The van der Waals surface area contributed by atoms with Crippen LogP contribution in [0.25, 0.3) is 0 Å². The number of fused-ring (bicyclic) bond motifs is 2. The molecule has 2 atom stereocenters. The molecule has 2 bridgehead atoms. The Morgan fingerprint density at radius 1 is 1.08 bits per heavy atom. The Labute approximate surface area is 157 Å². The van der Waals surface area contributed by atoms with Gasteiger partial charge in [-0.2, -0.15) is 0 Å². The van der Waals surface area contributed by atoms with Crippen molar-refractivity contribution in [3.8, 4) is 0 Å². The van der Waals surface area contributed by atoms with Crippen molar-refractivity contribution >= 4 is 17.7 Å². The average molecular weight is 363 g/mol. The molecule has 3 fully saturated rings. The number of nitrogens with one attached hydrogen (secondary N) is 1. The van der Waals surface area contributed by atoms with Crippen LogP contribution in [0.15, 0.2) is 0 Å². The summed E-state index contributed by atoms with van der Waals surface area (Å²) in [6.45, 7) is 6.49. The minimum Gasteiger partial charge on any atom is -0.353 e. The van der Waals surface area contributed by atoms with E-state index in [1.54, 1.807) is 0 Å². The third kappa shape index (κ3) is 3.29. The molecule has 2 unspecified atom stereocenters. The summed E-state index contributed by atoms with van der Waals surface area (Å²) in [6, 6.07) is 0.304. The van der Waals surface area contributed by atoms with Crippen LogP contribution in [0.5, 0.6) is 0 Å². The first kappa shape index (κ1) is 19.4. The van der Waals surface area contributed by atoms with Gasteiger partial charge in [0.1, 0.15) is 0 Å². The van der Waals surface area contributed by atoms with Crippen LogP contribution in [-0.2, 0) is 14.4 Å². The summed E-state index contributed by atoms with van der Waals surface area (Å²) < 4.78 is 0. The van der Waals surface area contributed by atoms with E-state index < -0.39 is 5.41 Å². The van der Waals surface area contributed by atoms with E-state index in [0.717, 1.165) is 25.7 Å². The van der Waals surface area contributed by atoms with Crippen LogP contribution < -0.4 is 5.32 Å². The van der Waals surface area contributed by atoms with Crippen LogP contribution in [-0.4, -0.2) is 35.2 Å². The number of rotatable bonds is 5. The zero-order chi connectivity index (χ0) is 18.9. The smallest absolute Gasteiger partial charge is 0.235 e. The highest BCUT2D eigenvalue weighted by Gasteiger charge is 2.64. The number of imide groups is 1. The number of likely N-dealkylation sites (tertiary alicyclic amines) is 1. The fraction of sp³-hybridized carbons (Fsp3) is 0.857. The summed E-state index contributed by atoms with van der Waals surface area (Å²) in [5, 5.41) is 3.14. The Kier molecular flexibility index (Phi) is 5.45. The second kappa shape index (κ2) is 7.32. The Morgan fingerprint density at radius 2 is 1.73 bits per heavy atom. The van der Waals surface area contributed by atoms with E-state index in [1.165, 1.54) is 30.6 Å². The van der Waals surface area contributed by atoms with Crippen LogP contribution in [0.3, 0.4) is 0 Å². The fourth-order valence-electron chi connectivity index (χ4n) is 5.23. The van der Waals surface area contributed by atoms with Crippen molar-refractivity contribution in [3.05, 3.63) is 0 Å². The average Bonchev–Trinajstić information content (AvgIpc) is 2.77. The molecule has 26 heavy (non-hydrogen) atoms. The van der Waals surface area contributed by atoms with Gasteiger partial charge in [-0.3, -0.25) is 19.3 Å². The van der Waals surface area contributed by atoms with Gasteiger partial charge in [0, 0.05) is 24.9 Å². The maximum atomic E-state index is 13.0. The molecule has 0 aromatic rings. The lowest BCUT2D eigenvalue weighted by molar-refractivity contribution is -0.168. The fourth-order valence-corrected chi connectivity index (χ4v) is 5.23. The van der Waals surface area contributed by atoms with Crippen molar-refractivity contribution in [1.29, 1.82) is 0 Å². The zero-order valence-electron chi connectivity index (χ0n) is 16.6. The van der Waals surface area contributed by atoms with E-state index in [1.807, 2.05) is 6.92 Å². The maximum absolute atomic E-state index is 13.0. The SMILES string of the molecule is CC12CCC(C(=O)N(CCCC(=O)NC3CCCCCC3)C1=O)C2(C)C. The number of carbonyl (C=O) groups excluding carboxylic acids is 3. The van der Waals surface area contributed by atoms with E-state index in [9.17, 15) is 14.4 Å². The van der Waals surface area contributed by atoms with Crippen molar-refractivity contribution in [3.63, 3.8) is 0 Å². The summed E-state index contributed by atoms with van der Waals surface area (Å²) in [5.74, 6) is -0.0714. The first-order valence-electron chi connectivity index (χ1n) is 10.4. The largest absolute Gasteiger partial charge is 0.353 e. The predicted octanol–water partition coefficient (Wildman–Crippen LogP) is 3.42. The van der Waals surface area contributed by atoms with E-state index in [0.29, 0.717) is 25.4 Å². The van der Waals surface area contributed by atoms with Crippen molar-refractivity contribution in [1.82, 2.24) is 10.2 Å². The molecule has 2 aliphatic carbocycles. The Bertz CT molecular complexity index is 578. The van der Waals surface area contributed by atoms with Gasteiger partial charge in [-0.1, -0.05) is 46.5 Å². The van der Waals surface area contributed by atoms with Crippen LogP contribution >= 0.6 is 0 Å². The molecule has 1 aliphatic heterocycles. The van der Waals surface area contributed by atoms with Gasteiger partial charge in [0.15, 0.2) is 0 Å².